The van der Waals surface area contributed by atoms with Gasteiger partial charge in [-0.1, -0.05) is 5.10 Å². The number of fused-ring (bicyclic) bond motifs is 1. The lowest BCUT2D eigenvalue weighted by Gasteiger charge is -1.89. The number of hydrogen-bond acceptors (Lipinski definition) is 6. The van der Waals surface area contributed by atoms with Crippen molar-refractivity contribution in [1.29, 1.82) is 0 Å². The van der Waals surface area contributed by atoms with Gasteiger partial charge in [-0.15, -0.1) is 4.52 Å². The number of nitrogens with zero attached hydrogens (tertiary/aromatic N) is 5. The molecule has 2 aromatic rings. The molecule has 0 amide bonds. The van der Waals surface area contributed by atoms with Crippen molar-refractivity contribution in [3.63, 3.8) is 0 Å². The predicted molar refractivity (Wildman–Crippen MR) is 33.6 cm³/mol. The van der Waals surface area contributed by atoms with Gasteiger partial charge >= 0.3 is 5.69 Å². The summed E-state index contributed by atoms with van der Waals surface area (Å²) in [6.45, 7) is 0. The number of aromatic nitrogens is 6. The van der Waals surface area contributed by atoms with Gasteiger partial charge in [-0.05, 0) is 10.4 Å². The van der Waals surface area contributed by atoms with Gasteiger partial charge in [0.05, 0.1) is 0 Å². The summed E-state index contributed by atoms with van der Waals surface area (Å²) in [7, 11) is 0. The maximum atomic E-state index is 10.9. The Morgan fingerprint density at radius 2 is 2.36 bits per heavy atom. The van der Waals surface area contributed by atoms with E-state index in [-0.39, 0.29) is 11.7 Å². The van der Waals surface area contributed by atoms with Crippen LogP contribution in [0.4, 0.5) is 5.95 Å². The molecule has 0 aliphatic carbocycles. The molecule has 0 fully saturated rings. The Morgan fingerprint density at radius 3 is 3.18 bits per heavy atom. The van der Waals surface area contributed by atoms with Crippen LogP contribution in [-0.2, 0) is 0 Å². The zero-order valence-corrected chi connectivity index (χ0v) is 5.22. The number of rotatable bonds is 0. The summed E-state index contributed by atoms with van der Waals surface area (Å²) in [5.74, 6) is 0.0866. The van der Waals surface area contributed by atoms with Crippen molar-refractivity contribution < 1.29 is 0 Å². The van der Waals surface area contributed by atoms with Crippen LogP contribution in [0, 0.1) is 0 Å². The molecule has 0 saturated heterocycles. The van der Waals surface area contributed by atoms with Crippen molar-refractivity contribution in [3.8, 4) is 0 Å². The minimum absolute atomic E-state index is 0.00250. The standard InChI is InChI=1S/C3H3N7O/c4-1-5-2-7-8-9-10(2)3(11)6-1/h(H3,4,5,6,7,9,11). The van der Waals surface area contributed by atoms with Gasteiger partial charge in [-0.3, -0.25) is 4.98 Å². The molecule has 8 heteroatoms. The van der Waals surface area contributed by atoms with E-state index in [1.54, 1.807) is 0 Å². The van der Waals surface area contributed by atoms with Crippen molar-refractivity contribution in [1.82, 2.24) is 30.0 Å². The van der Waals surface area contributed by atoms with E-state index in [1.807, 2.05) is 0 Å². The van der Waals surface area contributed by atoms with Crippen LogP contribution in [0.1, 0.15) is 0 Å². The van der Waals surface area contributed by atoms with Crippen molar-refractivity contribution in [3.05, 3.63) is 10.5 Å². The largest absolute Gasteiger partial charge is 0.369 e. The molecule has 2 rings (SSSR count). The van der Waals surface area contributed by atoms with Crippen LogP contribution in [0.2, 0.25) is 0 Å². The molecule has 2 aromatic heterocycles. The summed E-state index contributed by atoms with van der Waals surface area (Å²) in [6.07, 6.45) is 0. The van der Waals surface area contributed by atoms with E-state index in [0.717, 1.165) is 4.52 Å². The lowest BCUT2D eigenvalue weighted by Crippen LogP contribution is -2.20. The highest BCUT2D eigenvalue weighted by molar-refractivity contribution is 5.28. The second kappa shape index (κ2) is 1.75. The Balaban J connectivity index is 3.02. The van der Waals surface area contributed by atoms with Crippen LogP contribution in [0.15, 0.2) is 4.79 Å². The number of nitrogen functional groups attached to an aromatic ring is 1. The normalized spacial score (nSPS) is 10.5. The first-order valence-corrected chi connectivity index (χ1v) is 2.71. The number of nitrogens with two attached hydrogens (primary N) is 1. The molecule has 0 spiro atoms. The highest BCUT2D eigenvalue weighted by Gasteiger charge is 2.01. The molecule has 8 nitrogen and oxygen atoms in total. The summed E-state index contributed by atoms with van der Waals surface area (Å²) in [4.78, 5) is 16.8. The third kappa shape index (κ3) is 0.723. The third-order valence-corrected chi connectivity index (χ3v) is 1.10. The van der Waals surface area contributed by atoms with Crippen molar-refractivity contribution in [2.45, 2.75) is 0 Å². The summed E-state index contributed by atoms with van der Waals surface area (Å²) >= 11 is 0. The second-order valence-electron chi connectivity index (χ2n) is 1.82. The quantitative estimate of drug-likeness (QED) is 0.443. The van der Waals surface area contributed by atoms with Crippen LogP contribution in [0.3, 0.4) is 0 Å². The van der Waals surface area contributed by atoms with Gasteiger partial charge in [0, 0.05) is 0 Å². The molecule has 0 radical (unpaired) electrons. The third-order valence-electron chi connectivity index (χ3n) is 1.10. The van der Waals surface area contributed by atoms with Crippen molar-refractivity contribution in [2.75, 3.05) is 5.73 Å². The minimum atomic E-state index is -0.502. The molecule has 0 aliphatic heterocycles. The van der Waals surface area contributed by atoms with Gasteiger partial charge in [0.15, 0.2) is 0 Å². The summed E-state index contributed by atoms with van der Waals surface area (Å²) in [5, 5.41) is 10.0. The monoisotopic (exact) mass is 153 g/mol. The van der Waals surface area contributed by atoms with Gasteiger partial charge in [-0.2, -0.15) is 4.98 Å². The summed E-state index contributed by atoms with van der Waals surface area (Å²) in [5.41, 5.74) is 4.71. The fourth-order valence-electron chi connectivity index (χ4n) is 0.682. The number of hydrogen-bond donors (Lipinski definition) is 2. The number of H-pyrrole nitrogens is 1. The van der Waals surface area contributed by atoms with Crippen LogP contribution < -0.4 is 11.4 Å². The van der Waals surface area contributed by atoms with E-state index in [2.05, 4.69) is 25.5 Å². The summed E-state index contributed by atoms with van der Waals surface area (Å²) < 4.78 is 0.913. The number of tetrazole rings is 1. The van der Waals surface area contributed by atoms with Crippen molar-refractivity contribution >= 4 is 11.7 Å². The number of anilines is 1. The molecule has 11 heavy (non-hydrogen) atoms. The van der Waals surface area contributed by atoms with Crippen molar-refractivity contribution in [2.24, 2.45) is 0 Å². The first-order valence-electron chi connectivity index (χ1n) is 2.71. The lowest BCUT2D eigenvalue weighted by atomic mass is 10.9. The topological polar surface area (TPSA) is 115 Å². The predicted octanol–water partition coefficient (Wildman–Crippen LogP) is -2.21. The zero-order chi connectivity index (χ0) is 7.84. The first kappa shape index (κ1) is 5.77. The smallest absolute Gasteiger partial charge is 0.353 e. The lowest BCUT2D eigenvalue weighted by molar-refractivity contribution is 0.776. The average molecular weight is 153 g/mol. The average Bonchev–Trinajstić information content (AvgIpc) is 2.34. The fourth-order valence-corrected chi connectivity index (χ4v) is 0.682. The van der Waals surface area contributed by atoms with Gasteiger partial charge < -0.3 is 5.73 Å². The van der Waals surface area contributed by atoms with E-state index < -0.39 is 5.69 Å². The minimum Gasteiger partial charge on any atom is -0.369 e. The highest BCUT2D eigenvalue weighted by Crippen LogP contribution is 1.86. The summed E-state index contributed by atoms with van der Waals surface area (Å²) in [6, 6.07) is 0. The molecule has 0 aromatic carbocycles. The molecule has 0 unspecified atom stereocenters. The number of nitrogens with one attached hydrogen (secondary N) is 1. The Hall–Kier alpha value is -1.99. The van der Waals surface area contributed by atoms with Gasteiger partial charge in [0.25, 0.3) is 5.78 Å². The fraction of sp³-hybridized carbons (Fsp3) is 0. The Bertz CT molecular complexity index is 440. The molecule has 3 N–H and O–H groups in total. The molecule has 56 valence electrons. The molecular formula is C3H3N7O. The van der Waals surface area contributed by atoms with E-state index in [0.29, 0.717) is 0 Å². The Morgan fingerprint density at radius 1 is 1.55 bits per heavy atom. The molecule has 2 heterocycles. The van der Waals surface area contributed by atoms with Crippen LogP contribution in [0.5, 0.6) is 0 Å². The van der Waals surface area contributed by atoms with Gasteiger partial charge in [-0.25, -0.2) is 4.79 Å². The molecule has 0 saturated carbocycles. The van der Waals surface area contributed by atoms with E-state index >= 15 is 0 Å². The highest BCUT2D eigenvalue weighted by atomic mass is 16.1. The maximum absolute atomic E-state index is 10.9. The van der Waals surface area contributed by atoms with Gasteiger partial charge in [0.2, 0.25) is 5.95 Å². The SMILES string of the molecule is Nc1nc2nnnn2c(=O)[nH]1. The van der Waals surface area contributed by atoms with Gasteiger partial charge in [0.1, 0.15) is 0 Å². The van der Waals surface area contributed by atoms with Crippen LogP contribution >= 0.6 is 0 Å². The molecular weight excluding hydrogens is 150 g/mol. The second-order valence-corrected chi connectivity index (χ2v) is 1.82. The van der Waals surface area contributed by atoms with Crippen LogP contribution in [0.25, 0.3) is 5.78 Å². The van der Waals surface area contributed by atoms with Crippen LogP contribution in [-0.4, -0.2) is 30.0 Å². The molecule has 0 aliphatic rings. The Labute approximate surface area is 59.1 Å². The number of aromatic amines is 1. The molecule has 0 bridgehead atoms. The first-order chi connectivity index (χ1) is 5.27. The Kier molecular flexibility index (Phi) is 0.916. The van der Waals surface area contributed by atoms with E-state index in [1.165, 1.54) is 0 Å². The zero-order valence-electron chi connectivity index (χ0n) is 5.22. The van der Waals surface area contributed by atoms with E-state index in [9.17, 15) is 4.79 Å². The maximum Gasteiger partial charge on any atom is 0.353 e. The molecule has 0 atom stereocenters. The van der Waals surface area contributed by atoms with E-state index in [4.69, 9.17) is 5.73 Å².